The Balaban J connectivity index is 1.98. The summed E-state index contributed by atoms with van der Waals surface area (Å²) in [5, 5.41) is 0. The van der Waals surface area contributed by atoms with E-state index in [-0.39, 0.29) is 5.82 Å². The molecule has 0 bridgehead atoms. The topological polar surface area (TPSA) is 35.2 Å². The quantitative estimate of drug-likeness (QED) is 0.849. The largest absolute Gasteiger partial charge is 0.490 e. The zero-order chi connectivity index (χ0) is 13.5. The third-order valence-corrected chi connectivity index (χ3v) is 3.47. The van der Waals surface area contributed by atoms with E-state index in [2.05, 4.69) is 11.8 Å². The lowest BCUT2D eigenvalue weighted by molar-refractivity contribution is 0.202. The first kappa shape index (κ1) is 13.9. The summed E-state index contributed by atoms with van der Waals surface area (Å²) in [6.07, 6.45) is 6.22. The summed E-state index contributed by atoms with van der Waals surface area (Å²) in [5.41, 5.74) is 6.06. The Kier molecular flexibility index (Phi) is 5.23. The van der Waals surface area contributed by atoms with Gasteiger partial charge in [-0.2, -0.15) is 0 Å². The van der Waals surface area contributed by atoms with Gasteiger partial charge in [0.2, 0.25) is 0 Å². The van der Waals surface area contributed by atoms with Gasteiger partial charge in [-0.1, -0.05) is 31.1 Å². The fraction of sp³-hybridized carbons (Fsp3) is 0.500. The Hall–Kier alpha value is -1.53. The molecule has 0 radical (unpaired) electrons. The van der Waals surface area contributed by atoms with Crippen LogP contribution in [0.25, 0.3) is 0 Å². The van der Waals surface area contributed by atoms with Crippen LogP contribution in [0.15, 0.2) is 18.2 Å². The molecule has 0 atom stereocenters. The molecule has 0 aromatic heterocycles. The Morgan fingerprint density at radius 2 is 2.05 bits per heavy atom. The average molecular weight is 261 g/mol. The number of hydrogen-bond acceptors (Lipinski definition) is 2. The maximum atomic E-state index is 13.6. The van der Waals surface area contributed by atoms with E-state index in [4.69, 9.17) is 10.5 Å². The van der Waals surface area contributed by atoms with E-state index in [1.54, 1.807) is 12.1 Å². The van der Waals surface area contributed by atoms with Crippen molar-refractivity contribution in [3.8, 4) is 17.6 Å². The standard InChI is InChI=1S/C16H20FNO/c17-15-9-8-13(7-4-10-18)11-16(15)19-12-14-5-2-1-3-6-14/h8-9,11,14H,1-3,5-6,10,12,18H2. The molecule has 0 heterocycles. The minimum atomic E-state index is -0.325. The van der Waals surface area contributed by atoms with Gasteiger partial charge in [0.15, 0.2) is 11.6 Å². The highest BCUT2D eigenvalue weighted by Gasteiger charge is 2.15. The van der Waals surface area contributed by atoms with Crippen molar-refractivity contribution < 1.29 is 9.13 Å². The number of nitrogens with two attached hydrogens (primary N) is 1. The molecule has 2 rings (SSSR count). The molecular weight excluding hydrogens is 241 g/mol. The van der Waals surface area contributed by atoms with Crippen LogP contribution in [0.3, 0.4) is 0 Å². The van der Waals surface area contributed by atoms with E-state index >= 15 is 0 Å². The van der Waals surface area contributed by atoms with E-state index in [9.17, 15) is 4.39 Å². The maximum Gasteiger partial charge on any atom is 0.165 e. The Bertz CT molecular complexity index is 469. The van der Waals surface area contributed by atoms with Crippen molar-refractivity contribution in [3.05, 3.63) is 29.6 Å². The number of hydrogen-bond donors (Lipinski definition) is 1. The van der Waals surface area contributed by atoms with Crippen LogP contribution < -0.4 is 10.5 Å². The van der Waals surface area contributed by atoms with Crippen LogP contribution in [0.1, 0.15) is 37.7 Å². The van der Waals surface area contributed by atoms with Crippen molar-refractivity contribution in [2.45, 2.75) is 32.1 Å². The third-order valence-electron chi connectivity index (χ3n) is 3.47. The number of halogens is 1. The average Bonchev–Trinajstić information content (AvgIpc) is 2.46. The molecule has 0 aliphatic heterocycles. The van der Waals surface area contributed by atoms with E-state index in [0.29, 0.717) is 24.8 Å². The van der Waals surface area contributed by atoms with Crippen LogP contribution in [0.2, 0.25) is 0 Å². The molecule has 2 nitrogen and oxygen atoms in total. The second-order valence-electron chi connectivity index (χ2n) is 4.97. The molecule has 1 aliphatic carbocycles. The summed E-state index contributed by atoms with van der Waals surface area (Å²) >= 11 is 0. The van der Waals surface area contributed by atoms with Crippen molar-refractivity contribution in [1.29, 1.82) is 0 Å². The first-order valence-corrected chi connectivity index (χ1v) is 6.91. The van der Waals surface area contributed by atoms with Crippen LogP contribution in [0, 0.1) is 23.6 Å². The monoisotopic (exact) mass is 261 g/mol. The molecule has 1 saturated carbocycles. The predicted molar refractivity (Wildman–Crippen MR) is 74.4 cm³/mol. The Morgan fingerprint density at radius 3 is 2.79 bits per heavy atom. The molecule has 0 spiro atoms. The van der Waals surface area contributed by atoms with Gasteiger partial charge >= 0.3 is 0 Å². The Morgan fingerprint density at radius 1 is 1.26 bits per heavy atom. The van der Waals surface area contributed by atoms with Crippen LogP contribution in [0.5, 0.6) is 5.75 Å². The smallest absolute Gasteiger partial charge is 0.165 e. The lowest BCUT2D eigenvalue weighted by atomic mass is 9.90. The molecule has 1 aliphatic rings. The van der Waals surface area contributed by atoms with Gasteiger partial charge in [0.25, 0.3) is 0 Å². The minimum Gasteiger partial charge on any atom is -0.490 e. The summed E-state index contributed by atoms with van der Waals surface area (Å²) in [5.74, 6) is 6.18. The molecule has 3 heteroatoms. The summed E-state index contributed by atoms with van der Waals surface area (Å²) in [6, 6.07) is 4.70. The van der Waals surface area contributed by atoms with Gasteiger partial charge in [-0.3, -0.25) is 0 Å². The number of rotatable bonds is 3. The molecule has 0 amide bonds. The predicted octanol–water partition coefficient (Wildman–Crippen LogP) is 3.10. The zero-order valence-corrected chi connectivity index (χ0v) is 11.1. The molecule has 0 saturated heterocycles. The van der Waals surface area contributed by atoms with E-state index in [1.807, 2.05) is 0 Å². The first-order chi connectivity index (χ1) is 9.29. The molecule has 1 aromatic carbocycles. The van der Waals surface area contributed by atoms with E-state index in [1.165, 1.54) is 38.2 Å². The second kappa shape index (κ2) is 7.16. The summed E-state index contributed by atoms with van der Waals surface area (Å²) in [4.78, 5) is 0. The molecule has 1 aromatic rings. The van der Waals surface area contributed by atoms with Gasteiger partial charge < -0.3 is 10.5 Å². The summed E-state index contributed by atoms with van der Waals surface area (Å²) in [7, 11) is 0. The van der Waals surface area contributed by atoms with E-state index in [0.717, 1.165) is 5.56 Å². The van der Waals surface area contributed by atoms with Gasteiger partial charge in [-0.05, 0) is 37.0 Å². The van der Waals surface area contributed by atoms with Crippen molar-refractivity contribution in [1.82, 2.24) is 0 Å². The minimum absolute atomic E-state index is 0.300. The van der Waals surface area contributed by atoms with Crippen molar-refractivity contribution >= 4 is 0 Å². The molecule has 2 N–H and O–H groups in total. The summed E-state index contributed by atoms with van der Waals surface area (Å²) in [6.45, 7) is 0.903. The Labute approximate surface area is 114 Å². The van der Waals surface area contributed by atoms with Gasteiger partial charge in [-0.25, -0.2) is 4.39 Å². The van der Waals surface area contributed by atoms with Crippen molar-refractivity contribution in [2.24, 2.45) is 11.7 Å². The van der Waals surface area contributed by atoms with Crippen molar-refractivity contribution in [2.75, 3.05) is 13.2 Å². The SMILES string of the molecule is NCC#Cc1ccc(F)c(OCC2CCCCC2)c1. The molecular formula is C16H20FNO. The number of ether oxygens (including phenoxy) is 1. The van der Waals surface area contributed by atoms with Crippen LogP contribution in [-0.4, -0.2) is 13.2 Å². The highest BCUT2D eigenvalue weighted by molar-refractivity contribution is 5.40. The van der Waals surface area contributed by atoms with Crippen LogP contribution >= 0.6 is 0 Å². The number of benzene rings is 1. The van der Waals surface area contributed by atoms with Crippen LogP contribution in [0.4, 0.5) is 4.39 Å². The lowest BCUT2D eigenvalue weighted by Crippen LogP contribution is -2.15. The highest BCUT2D eigenvalue weighted by atomic mass is 19.1. The van der Waals surface area contributed by atoms with Crippen molar-refractivity contribution in [3.63, 3.8) is 0 Å². The van der Waals surface area contributed by atoms with Gasteiger partial charge in [0.1, 0.15) is 0 Å². The molecule has 1 fully saturated rings. The fourth-order valence-corrected chi connectivity index (χ4v) is 2.41. The third kappa shape index (κ3) is 4.25. The zero-order valence-electron chi connectivity index (χ0n) is 11.1. The van der Waals surface area contributed by atoms with E-state index < -0.39 is 0 Å². The van der Waals surface area contributed by atoms with Gasteiger partial charge in [-0.15, -0.1) is 0 Å². The maximum absolute atomic E-state index is 13.6. The van der Waals surface area contributed by atoms with Gasteiger partial charge in [0, 0.05) is 5.56 Å². The summed E-state index contributed by atoms with van der Waals surface area (Å²) < 4.78 is 19.3. The molecule has 0 unspecified atom stereocenters. The normalized spacial score (nSPS) is 15.7. The first-order valence-electron chi connectivity index (χ1n) is 6.91. The van der Waals surface area contributed by atoms with Crippen LogP contribution in [-0.2, 0) is 0 Å². The highest BCUT2D eigenvalue weighted by Crippen LogP contribution is 2.25. The molecule has 102 valence electrons. The fourth-order valence-electron chi connectivity index (χ4n) is 2.41. The van der Waals surface area contributed by atoms with Gasteiger partial charge in [0.05, 0.1) is 13.2 Å². The molecule has 19 heavy (non-hydrogen) atoms. The lowest BCUT2D eigenvalue weighted by Gasteiger charge is -2.21. The second-order valence-corrected chi connectivity index (χ2v) is 4.97.